The van der Waals surface area contributed by atoms with Gasteiger partial charge < -0.3 is 10.2 Å². The zero-order valence-corrected chi connectivity index (χ0v) is 14.7. The van der Waals surface area contributed by atoms with Crippen LogP contribution in [-0.2, 0) is 19.4 Å². The van der Waals surface area contributed by atoms with E-state index in [1.807, 2.05) is 6.07 Å². The Morgan fingerprint density at radius 3 is 2.79 bits per heavy atom. The molecule has 5 nitrogen and oxygen atoms in total. The number of benzene rings is 1. The number of nitrogens with two attached hydrogens (primary N) is 1. The van der Waals surface area contributed by atoms with Crippen LogP contribution in [0.5, 0.6) is 5.75 Å². The first-order chi connectivity index (χ1) is 11.3. The standard InChI is InChI=1S/C18H22N2O3S/c1-18(2)6-5-14-12(8-18)15(17(22)23)16(24-14)10-3-4-11(9-20-19)13(21)7-10/h3-4,7,20-21H,5-6,8-9,19H2,1-2H3,(H,22,23). The zero-order valence-electron chi connectivity index (χ0n) is 13.8. The van der Waals surface area contributed by atoms with Gasteiger partial charge in [0.15, 0.2) is 0 Å². The minimum absolute atomic E-state index is 0.119. The summed E-state index contributed by atoms with van der Waals surface area (Å²) >= 11 is 1.54. The van der Waals surface area contributed by atoms with E-state index in [9.17, 15) is 15.0 Å². The highest BCUT2D eigenvalue weighted by Crippen LogP contribution is 2.45. The average molecular weight is 346 g/mol. The molecule has 0 saturated carbocycles. The summed E-state index contributed by atoms with van der Waals surface area (Å²) in [6, 6.07) is 5.25. The Labute approximate surface area is 145 Å². The quantitative estimate of drug-likeness (QED) is 0.503. The maximum absolute atomic E-state index is 11.9. The summed E-state index contributed by atoms with van der Waals surface area (Å²) in [5.41, 5.74) is 5.41. The maximum atomic E-state index is 11.9. The molecule has 0 aliphatic heterocycles. The Morgan fingerprint density at radius 1 is 1.42 bits per heavy atom. The number of hydrazine groups is 1. The van der Waals surface area contributed by atoms with Gasteiger partial charge in [-0.3, -0.25) is 11.3 Å². The van der Waals surface area contributed by atoms with Gasteiger partial charge in [-0.25, -0.2) is 4.79 Å². The molecule has 1 aromatic heterocycles. The van der Waals surface area contributed by atoms with E-state index in [1.165, 1.54) is 11.3 Å². The van der Waals surface area contributed by atoms with Crippen molar-refractivity contribution in [1.29, 1.82) is 0 Å². The molecule has 0 saturated heterocycles. The highest BCUT2D eigenvalue weighted by Gasteiger charge is 2.33. The highest BCUT2D eigenvalue weighted by molar-refractivity contribution is 7.16. The molecule has 24 heavy (non-hydrogen) atoms. The van der Waals surface area contributed by atoms with Crippen LogP contribution in [0.1, 0.15) is 46.6 Å². The fourth-order valence-electron chi connectivity index (χ4n) is 3.31. The van der Waals surface area contributed by atoms with Crippen LogP contribution >= 0.6 is 11.3 Å². The highest BCUT2D eigenvalue weighted by atomic mass is 32.1. The zero-order chi connectivity index (χ0) is 17.5. The third-order valence-electron chi connectivity index (χ3n) is 4.63. The Hall–Kier alpha value is -1.89. The van der Waals surface area contributed by atoms with E-state index in [1.54, 1.807) is 12.1 Å². The van der Waals surface area contributed by atoms with Crippen LogP contribution < -0.4 is 11.3 Å². The molecule has 3 rings (SSSR count). The van der Waals surface area contributed by atoms with Crippen LogP contribution in [0.2, 0.25) is 0 Å². The normalized spacial score (nSPS) is 16.0. The van der Waals surface area contributed by atoms with Gasteiger partial charge in [-0.2, -0.15) is 0 Å². The minimum Gasteiger partial charge on any atom is -0.508 e. The van der Waals surface area contributed by atoms with Crippen molar-refractivity contribution in [2.45, 2.75) is 39.7 Å². The molecule has 6 heteroatoms. The molecular weight excluding hydrogens is 324 g/mol. The predicted molar refractivity (Wildman–Crippen MR) is 95.2 cm³/mol. The molecule has 2 aromatic rings. The molecule has 1 aliphatic rings. The predicted octanol–water partition coefficient (Wildman–Crippen LogP) is 3.30. The van der Waals surface area contributed by atoms with Gasteiger partial charge in [0.05, 0.1) is 5.56 Å². The Balaban J connectivity index is 2.10. The lowest BCUT2D eigenvalue weighted by Crippen LogP contribution is -2.22. The van der Waals surface area contributed by atoms with Gasteiger partial charge >= 0.3 is 5.97 Å². The third kappa shape index (κ3) is 3.05. The van der Waals surface area contributed by atoms with E-state index >= 15 is 0 Å². The Morgan fingerprint density at radius 2 is 2.17 bits per heavy atom. The molecule has 1 heterocycles. The van der Waals surface area contributed by atoms with Crippen LogP contribution in [0.3, 0.4) is 0 Å². The maximum Gasteiger partial charge on any atom is 0.337 e. The van der Waals surface area contributed by atoms with E-state index < -0.39 is 5.97 Å². The first-order valence-corrected chi connectivity index (χ1v) is 8.77. The number of hydrogen-bond acceptors (Lipinski definition) is 5. The number of phenols is 1. The molecular formula is C18H22N2O3S. The molecule has 0 bridgehead atoms. The monoisotopic (exact) mass is 346 g/mol. The van der Waals surface area contributed by atoms with Crippen molar-refractivity contribution in [3.05, 3.63) is 39.8 Å². The van der Waals surface area contributed by atoms with Gasteiger partial charge in [0, 0.05) is 21.9 Å². The number of aryl methyl sites for hydroxylation is 1. The van der Waals surface area contributed by atoms with E-state index in [0.717, 1.165) is 40.1 Å². The summed E-state index contributed by atoms with van der Waals surface area (Å²) in [6.45, 7) is 4.71. The van der Waals surface area contributed by atoms with Gasteiger partial charge in [0.25, 0.3) is 0 Å². The largest absolute Gasteiger partial charge is 0.508 e. The summed E-state index contributed by atoms with van der Waals surface area (Å²) in [6.07, 6.45) is 2.75. The summed E-state index contributed by atoms with van der Waals surface area (Å²) in [5, 5.41) is 19.9. The topological polar surface area (TPSA) is 95.6 Å². The lowest BCUT2D eigenvalue weighted by atomic mass is 9.76. The summed E-state index contributed by atoms with van der Waals surface area (Å²) in [5.74, 6) is 4.52. The van der Waals surface area contributed by atoms with Crippen LogP contribution in [0.25, 0.3) is 10.4 Å². The first kappa shape index (κ1) is 17.0. The Bertz CT molecular complexity index is 796. The van der Waals surface area contributed by atoms with Crippen molar-refractivity contribution < 1.29 is 15.0 Å². The number of fused-ring (bicyclic) bond motifs is 1. The number of hydrogen-bond donors (Lipinski definition) is 4. The van der Waals surface area contributed by atoms with Crippen LogP contribution in [-0.4, -0.2) is 16.2 Å². The molecule has 5 N–H and O–H groups in total. The lowest BCUT2D eigenvalue weighted by molar-refractivity contribution is 0.0696. The van der Waals surface area contributed by atoms with Crippen molar-refractivity contribution in [3.63, 3.8) is 0 Å². The second kappa shape index (κ2) is 6.20. The number of carboxylic acids is 1. The number of thiophene rings is 1. The fraction of sp³-hybridized carbons (Fsp3) is 0.389. The van der Waals surface area contributed by atoms with Gasteiger partial charge in [0.1, 0.15) is 5.75 Å². The average Bonchev–Trinajstić information content (AvgIpc) is 2.86. The second-order valence-corrected chi connectivity index (χ2v) is 8.18. The third-order valence-corrected chi connectivity index (χ3v) is 5.97. The number of rotatable bonds is 4. The minimum atomic E-state index is -0.896. The van der Waals surface area contributed by atoms with E-state index in [-0.39, 0.29) is 11.2 Å². The first-order valence-electron chi connectivity index (χ1n) is 7.96. The van der Waals surface area contributed by atoms with Gasteiger partial charge in [-0.1, -0.05) is 26.0 Å². The molecule has 0 spiro atoms. The number of carbonyl (C=O) groups is 1. The van der Waals surface area contributed by atoms with Crippen LogP contribution in [0, 0.1) is 5.41 Å². The van der Waals surface area contributed by atoms with Crippen molar-refractivity contribution in [2.24, 2.45) is 11.3 Å². The summed E-state index contributed by atoms with van der Waals surface area (Å²) < 4.78 is 0. The van der Waals surface area contributed by atoms with Gasteiger partial charge in [-0.15, -0.1) is 11.3 Å². The number of aromatic hydroxyl groups is 1. The summed E-state index contributed by atoms with van der Waals surface area (Å²) in [7, 11) is 0. The van der Waals surface area contributed by atoms with Crippen molar-refractivity contribution in [3.8, 4) is 16.2 Å². The van der Waals surface area contributed by atoms with E-state index in [0.29, 0.717) is 17.7 Å². The summed E-state index contributed by atoms with van der Waals surface area (Å²) in [4.78, 5) is 13.8. The molecule has 0 amide bonds. The molecule has 0 unspecified atom stereocenters. The molecule has 0 radical (unpaired) electrons. The molecule has 0 fully saturated rings. The van der Waals surface area contributed by atoms with Gasteiger partial charge in [-0.05, 0) is 41.9 Å². The van der Waals surface area contributed by atoms with Gasteiger partial charge in [0.2, 0.25) is 0 Å². The number of phenolic OH excluding ortho intramolecular Hbond substituents is 1. The SMILES string of the molecule is CC1(C)CCc2sc(-c3ccc(CNN)c(O)c3)c(C(=O)O)c2C1. The molecule has 1 aromatic carbocycles. The number of aromatic carboxylic acids is 1. The smallest absolute Gasteiger partial charge is 0.337 e. The second-order valence-electron chi connectivity index (χ2n) is 7.08. The Kier molecular flexibility index (Phi) is 4.38. The van der Waals surface area contributed by atoms with Crippen LogP contribution in [0.15, 0.2) is 18.2 Å². The van der Waals surface area contributed by atoms with Crippen molar-refractivity contribution in [1.82, 2.24) is 5.43 Å². The van der Waals surface area contributed by atoms with Crippen LogP contribution in [0.4, 0.5) is 0 Å². The molecule has 1 aliphatic carbocycles. The van der Waals surface area contributed by atoms with Crippen molar-refractivity contribution >= 4 is 17.3 Å². The van der Waals surface area contributed by atoms with Crippen molar-refractivity contribution in [2.75, 3.05) is 0 Å². The van der Waals surface area contributed by atoms with E-state index in [2.05, 4.69) is 19.3 Å². The molecule has 128 valence electrons. The lowest BCUT2D eigenvalue weighted by Gasteiger charge is -2.29. The fourth-order valence-corrected chi connectivity index (χ4v) is 4.62. The molecule has 0 atom stereocenters. The number of carboxylic acid groups (broad SMARTS) is 1. The van der Waals surface area contributed by atoms with E-state index in [4.69, 9.17) is 5.84 Å². The number of nitrogens with one attached hydrogen (secondary N) is 1.